The highest BCUT2D eigenvalue weighted by molar-refractivity contribution is 5.97. The number of alkyl halides is 3. The summed E-state index contributed by atoms with van der Waals surface area (Å²) in [5.74, 6) is -0.218. The Balaban J connectivity index is 1.80. The molecule has 1 aliphatic rings. The second-order valence-electron chi connectivity index (χ2n) is 7.62. The van der Waals surface area contributed by atoms with Gasteiger partial charge in [-0.1, -0.05) is 20.3 Å². The van der Waals surface area contributed by atoms with E-state index in [1.54, 1.807) is 0 Å². The molecular formula is C21H23F3N4O2. The lowest BCUT2D eigenvalue weighted by molar-refractivity contribution is -0.189. The third kappa shape index (κ3) is 4.58. The number of hydrogen-bond donors (Lipinski definition) is 0. The van der Waals surface area contributed by atoms with Gasteiger partial charge >= 0.3 is 6.18 Å². The Hall–Kier alpha value is -3.02. The fourth-order valence-corrected chi connectivity index (χ4v) is 3.19. The molecule has 0 bridgehead atoms. The smallest absolute Gasteiger partial charge is 0.425 e. The molecule has 0 spiro atoms. The van der Waals surface area contributed by atoms with E-state index in [9.17, 15) is 18.0 Å². The molecule has 160 valence electrons. The summed E-state index contributed by atoms with van der Waals surface area (Å²) in [6, 6.07) is 5.73. The Kier molecular flexibility index (Phi) is 6.06. The quantitative estimate of drug-likeness (QED) is 0.699. The number of hydrogen-bond acceptors (Lipinski definition) is 4. The van der Waals surface area contributed by atoms with Crippen LogP contribution < -0.4 is 4.74 Å². The van der Waals surface area contributed by atoms with E-state index in [0.717, 1.165) is 31.1 Å². The maximum atomic E-state index is 13.1. The van der Waals surface area contributed by atoms with Gasteiger partial charge in [0.05, 0.1) is 29.4 Å². The summed E-state index contributed by atoms with van der Waals surface area (Å²) in [6.07, 6.45) is -3.72. The predicted molar refractivity (Wildman–Crippen MR) is 103 cm³/mol. The second kappa shape index (κ2) is 8.38. The molecule has 3 rings (SSSR count). The molecule has 30 heavy (non-hydrogen) atoms. The van der Waals surface area contributed by atoms with Crippen LogP contribution >= 0.6 is 0 Å². The van der Waals surface area contributed by atoms with E-state index in [2.05, 4.69) is 18.9 Å². The zero-order chi connectivity index (χ0) is 22.1. The molecule has 0 saturated carbocycles. The van der Waals surface area contributed by atoms with Crippen LogP contribution in [0.15, 0.2) is 24.4 Å². The van der Waals surface area contributed by atoms with Crippen molar-refractivity contribution in [2.75, 3.05) is 0 Å². The van der Waals surface area contributed by atoms with Crippen LogP contribution in [-0.4, -0.2) is 32.9 Å². The van der Waals surface area contributed by atoms with Crippen LogP contribution in [0.2, 0.25) is 0 Å². The Bertz CT molecular complexity index is 954. The number of nitrogens with zero attached hydrogens (tertiary/aromatic N) is 4. The van der Waals surface area contributed by atoms with Gasteiger partial charge in [-0.3, -0.25) is 9.48 Å². The number of nitriles is 1. The van der Waals surface area contributed by atoms with Crippen LogP contribution in [-0.2, 0) is 19.6 Å². The fourth-order valence-electron chi connectivity index (χ4n) is 3.19. The van der Waals surface area contributed by atoms with E-state index >= 15 is 0 Å². The SMILES string of the molecule is CCC(C)Cn1cc2c(n1)CN(C(=O)c1cc(C#N)ccc1OC(C)C(F)(F)F)C2. The van der Waals surface area contributed by atoms with Crippen molar-refractivity contribution in [1.29, 1.82) is 5.26 Å². The first kappa shape index (κ1) is 21.7. The molecule has 0 N–H and O–H groups in total. The monoisotopic (exact) mass is 420 g/mol. The topological polar surface area (TPSA) is 71.2 Å². The van der Waals surface area contributed by atoms with Crippen LogP contribution in [0.1, 0.15) is 54.4 Å². The second-order valence-corrected chi connectivity index (χ2v) is 7.62. The summed E-state index contributed by atoms with van der Waals surface area (Å²) < 4.78 is 45.7. The molecule has 1 aliphatic heterocycles. The van der Waals surface area contributed by atoms with Crippen molar-refractivity contribution in [2.45, 2.75) is 59.1 Å². The lowest BCUT2D eigenvalue weighted by Crippen LogP contribution is -2.32. The highest BCUT2D eigenvalue weighted by Gasteiger charge is 2.39. The zero-order valence-electron chi connectivity index (χ0n) is 17.0. The largest absolute Gasteiger partial charge is 0.480 e. The van der Waals surface area contributed by atoms with Crippen molar-refractivity contribution in [3.63, 3.8) is 0 Å². The first-order chi connectivity index (χ1) is 14.1. The van der Waals surface area contributed by atoms with Gasteiger partial charge in [0.2, 0.25) is 0 Å². The van der Waals surface area contributed by atoms with Gasteiger partial charge in [-0.15, -0.1) is 0 Å². The Morgan fingerprint density at radius 1 is 1.33 bits per heavy atom. The Labute approximate surface area is 172 Å². The summed E-state index contributed by atoms with van der Waals surface area (Å²) in [5.41, 5.74) is 1.78. The van der Waals surface area contributed by atoms with Gasteiger partial charge < -0.3 is 9.64 Å². The first-order valence-corrected chi connectivity index (χ1v) is 9.74. The summed E-state index contributed by atoms with van der Waals surface area (Å²) in [4.78, 5) is 14.6. The number of halogens is 3. The van der Waals surface area contributed by atoms with Gasteiger partial charge in [-0.2, -0.15) is 23.5 Å². The lowest BCUT2D eigenvalue weighted by atomic mass is 10.1. The van der Waals surface area contributed by atoms with Crippen molar-refractivity contribution in [3.8, 4) is 11.8 Å². The minimum Gasteiger partial charge on any atom is -0.480 e. The maximum absolute atomic E-state index is 13.1. The number of rotatable bonds is 6. The molecule has 2 atom stereocenters. The molecule has 2 aromatic rings. The summed E-state index contributed by atoms with van der Waals surface area (Å²) in [7, 11) is 0. The van der Waals surface area contributed by atoms with Crippen molar-refractivity contribution in [2.24, 2.45) is 5.92 Å². The summed E-state index contributed by atoms with van der Waals surface area (Å²) in [6.45, 7) is 6.46. The van der Waals surface area contributed by atoms with Crippen LogP contribution in [0.4, 0.5) is 13.2 Å². The summed E-state index contributed by atoms with van der Waals surface area (Å²) >= 11 is 0. The van der Waals surface area contributed by atoms with Gasteiger partial charge in [0.1, 0.15) is 5.75 Å². The first-order valence-electron chi connectivity index (χ1n) is 9.74. The number of fused-ring (bicyclic) bond motifs is 1. The number of carbonyl (C=O) groups is 1. The third-order valence-corrected chi connectivity index (χ3v) is 5.21. The minimum absolute atomic E-state index is 0.0669. The number of benzene rings is 1. The van der Waals surface area contributed by atoms with E-state index in [-0.39, 0.29) is 23.4 Å². The zero-order valence-corrected chi connectivity index (χ0v) is 17.0. The normalized spacial score (nSPS) is 15.4. The van der Waals surface area contributed by atoms with Crippen LogP contribution in [0.25, 0.3) is 0 Å². The van der Waals surface area contributed by atoms with E-state index in [4.69, 9.17) is 10.00 Å². The fraction of sp³-hybridized carbons (Fsp3) is 0.476. The van der Waals surface area contributed by atoms with Gasteiger partial charge in [0.25, 0.3) is 5.91 Å². The molecule has 1 amide bonds. The lowest BCUT2D eigenvalue weighted by Gasteiger charge is -2.22. The third-order valence-electron chi connectivity index (χ3n) is 5.21. The molecule has 0 fully saturated rings. The molecule has 0 aliphatic carbocycles. The minimum atomic E-state index is -4.57. The molecule has 9 heteroatoms. The molecule has 0 saturated heterocycles. The van der Waals surface area contributed by atoms with Crippen molar-refractivity contribution < 1.29 is 22.7 Å². The predicted octanol–water partition coefficient (Wildman–Crippen LogP) is 4.29. The van der Waals surface area contributed by atoms with Crippen molar-refractivity contribution in [3.05, 3.63) is 46.8 Å². The van der Waals surface area contributed by atoms with Crippen LogP contribution in [0, 0.1) is 17.2 Å². The van der Waals surface area contributed by atoms with E-state index < -0.39 is 18.2 Å². The van der Waals surface area contributed by atoms with Crippen molar-refractivity contribution in [1.82, 2.24) is 14.7 Å². The van der Waals surface area contributed by atoms with E-state index in [0.29, 0.717) is 12.5 Å². The van der Waals surface area contributed by atoms with Crippen LogP contribution in [0.5, 0.6) is 5.75 Å². The molecule has 1 aromatic heterocycles. The van der Waals surface area contributed by atoms with E-state index in [1.807, 2.05) is 16.9 Å². The average molecular weight is 420 g/mol. The summed E-state index contributed by atoms with van der Waals surface area (Å²) in [5, 5.41) is 13.7. The Morgan fingerprint density at radius 3 is 2.67 bits per heavy atom. The number of carbonyl (C=O) groups excluding carboxylic acids is 1. The molecule has 2 unspecified atom stereocenters. The van der Waals surface area contributed by atoms with Gasteiger partial charge in [-0.25, -0.2) is 0 Å². The van der Waals surface area contributed by atoms with Crippen molar-refractivity contribution >= 4 is 5.91 Å². The van der Waals surface area contributed by atoms with Gasteiger partial charge in [-0.05, 0) is 31.0 Å². The molecule has 2 heterocycles. The molecule has 0 radical (unpaired) electrons. The highest BCUT2D eigenvalue weighted by Crippen LogP contribution is 2.31. The Morgan fingerprint density at radius 2 is 2.07 bits per heavy atom. The maximum Gasteiger partial charge on any atom is 0.425 e. The molecule has 1 aromatic carbocycles. The number of ether oxygens (including phenoxy) is 1. The highest BCUT2D eigenvalue weighted by atomic mass is 19.4. The van der Waals surface area contributed by atoms with E-state index in [1.165, 1.54) is 23.1 Å². The number of amides is 1. The van der Waals surface area contributed by atoms with Gasteiger partial charge in [0.15, 0.2) is 6.10 Å². The van der Waals surface area contributed by atoms with Gasteiger partial charge in [0, 0.05) is 24.8 Å². The standard InChI is InChI=1S/C21H23F3N4O2/c1-4-13(2)9-28-11-16-10-27(12-18(16)26-28)20(29)17-7-15(8-25)5-6-19(17)30-14(3)21(22,23)24/h5-7,11,13-14H,4,9-10,12H2,1-3H3. The average Bonchev–Trinajstić information content (AvgIpc) is 3.25. The number of aromatic nitrogens is 2. The van der Waals surface area contributed by atoms with Crippen LogP contribution in [0.3, 0.4) is 0 Å². The molecule has 6 nitrogen and oxygen atoms in total. The molecular weight excluding hydrogens is 397 g/mol.